The van der Waals surface area contributed by atoms with Gasteiger partial charge in [-0.05, 0) is 29.7 Å². The summed E-state index contributed by atoms with van der Waals surface area (Å²) in [7, 11) is 0. The fourth-order valence-corrected chi connectivity index (χ4v) is 2.97. The van der Waals surface area contributed by atoms with Crippen LogP contribution in [-0.2, 0) is 22.2 Å². The van der Waals surface area contributed by atoms with E-state index in [0.29, 0.717) is 18.4 Å². The van der Waals surface area contributed by atoms with Crippen molar-refractivity contribution in [2.75, 3.05) is 6.54 Å². The van der Waals surface area contributed by atoms with Gasteiger partial charge in [0.1, 0.15) is 0 Å². The Balaban J connectivity index is 1.87. The molecule has 4 nitrogen and oxygen atoms in total. The third kappa shape index (κ3) is 7.60. The van der Waals surface area contributed by atoms with Crippen molar-refractivity contribution >= 4 is 11.8 Å². The molecule has 2 rings (SSSR count). The van der Waals surface area contributed by atoms with Crippen molar-refractivity contribution in [2.45, 2.75) is 44.8 Å². The molecule has 2 aromatic rings. The Morgan fingerprint density at radius 1 is 1.00 bits per heavy atom. The van der Waals surface area contributed by atoms with Gasteiger partial charge in [0.15, 0.2) is 0 Å². The molecule has 2 amide bonds. The van der Waals surface area contributed by atoms with Gasteiger partial charge in [-0.1, -0.05) is 55.8 Å². The maximum Gasteiger partial charge on any atom is 0.416 e. The van der Waals surface area contributed by atoms with Crippen molar-refractivity contribution in [1.82, 2.24) is 10.6 Å². The van der Waals surface area contributed by atoms with Crippen LogP contribution in [0.25, 0.3) is 0 Å². The van der Waals surface area contributed by atoms with Crippen LogP contribution in [0.3, 0.4) is 0 Å². The van der Waals surface area contributed by atoms with Gasteiger partial charge in [-0.25, -0.2) is 0 Å². The first-order chi connectivity index (χ1) is 13.8. The van der Waals surface area contributed by atoms with E-state index in [9.17, 15) is 22.8 Å². The van der Waals surface area contributed by atoms with E-state index in [-0.39, 0.29) is 31.2 Å². The molecule has 156 valence electrons. The molecule has 0 saturated heterocycles. The third-order valence-electron chi connectivity index (χ3n) is 4.41. The number of carbonyl (C=O) groups is 2. The van der Waals surface area contributed by atoms with Crippen LogP contribution in [0, 0.1) is 0 Å². The molecule has 2 aromatic carbocycles. The molecule has 1 unspecified atom stereocenters. The maximum atomic E-state index is 13.0. The second-order valence-electron chi connectivity index (χ2n) is 6.79. The Kier molecular flexibility index (Phi) is 8.24. The normalized spacial score (nSPS) is 12.3. The average molecular weight is 406 g/mol. The number of halogens is 3. The van der Waals surface area contributed by atoms with Crippen molar-refractivity contribution in [3.63, 3.8) is 0 Å². The van der Waals surface area contributed by atoms with Crippen molar-refractivity contribution in [1.29, 1.82) is 0 Å². The van der Waals surface area contributed by atoms with E-state index in [1.807, 2.05) is 37.3 Å². The molecule has 7 heteroatoms. The zero-order valence-corrected chi connectivity index (χ0v) is 16.3. The smallest absolute Gasteiger partial charge is 0.355 e. The quantitative estimate of drug-likeness (QED) is 0.648. The minimum absolute atomic E-state index is 0.0553. The number of hydrogen-bond donors (Lipinski definition) is 2. The van der Waals surface area contributed by atoms with Gasteiger partial charge in [-0.2, -0.15) is 13.2 Å². The van der Waals surface area contributed by atoms with Gasteiger partial charge < -0.3 is 10.6 Å². The summed E-state index contributed by atoms with van der Waals surface area (Å²) < 4.78 is 38.9. The van der Waals surface area contributed by atoms with Crippen molar-refractivity contribution < 1.29 is 22.8 Å². The summed E-state index contributed by atoms with van der Waals surface area (Å²) in [5.74, 6) is -0.507. The number of hydrogen-bond acceptors (Lipinski definition) is 2. The van der Waals surface area contributed by atoms with Crippen LogP contribution in [0.15, 0.2) is 54.6 Å². The Bertz CT molecular complexity index is 807. The molecular formula is C22H25F3N2O2. The topological polar surface area (TPSA) is 58.2 Å². The van der Waals surface area contributed by atoms with Crippen LogP contribution in [0.5, 0.6) is 0 Å². The third-order valence-corrected chi connectivity index (χ3v) is 4.41. The lowest BCUT2D eigenvalue weighted by Crippen LogP contribution is -2.33. The second-order valence-corrected chi connectivity index (χ2v) is 6.79. The Hall–Kier alpha value is -2.83. The van der Waals surface area contributed by atoms with Crippen LogP contribution in [0.4, 0.5) is 13.2 Å². The van der Waals surface area contributed by atoms with Crippen molar-refractivity contribution in [3.8, 4) is 0 Å². The lowest BCUT2D eigenvalue weighted by Gasteiger charge is -2.20. The lowest BCUT2D eigenvalue weighted by atomic mass is 9.99. The van der Waals surface area contributed by atoms with Crippen LogP contribution in [-0.4, -0.2) is 18.4 Å². The summed E-state index contributed by atoms with van der Waals surface area (Å²) in [6.07, 6.45) is -2.92. The number of carbonyl (C=O) groups excluding carboxylic acids is 2. The predicted octanol–water partition coefficient (Wildman–Crippen LogP) is 4.41. The number of amides is 2. The number of benzene rings is 2. The Labute approximate surface area is 168 Å². The SMILES string of the molecule is CCCC(NC(=O)CCNC(=O)Cc1ccccc1)c1cccc(C(F)(F)F)c1. The zero-order valence-electron chi connectivity index (χ0n) is 16.3. The monoisotopic (exact) mass is 406 g/mol. The molecule has 0 heterocycles. The average Bonchev–Trinajstić information content (AvgIpc) is 2.68. The number of alkyl halides is 3. The lowest BCUT2D eigenvalue weighted by molar-refractivity contribution is -0.137. The summed E-state index contributed by atoms with van der Waals surface area (Å²) in [5, 5.41) is 5.47. The summed E-state index contributed by atoms with van der Waals surface area (Å²) in [6, 6.07) is 13.7. The van der Waals surface area contributed by atoms with Gasteiger partial charge in [-0.3, -0.25) is 9.59 Å². The fourth-order valence-electron chi connectivity index (χ4n) is 2.97. The molecule has 0 fully saturated rings. The van der Waals surface area contributed by atoms with E-state index in [1.54, 1.807) is 6.07 Å². The standard InChI is InChI=1S/C22H25F3N2O2/c1-2-7-19(17-10-6-11-18(15-17)22(23,24)25)27-20(28)12-13-26-21(29)14-16-8-4-3-5-9-16/h3-6,8-11,15,19H,2,7,12-14H2,1H3,(H,26,29)(H,27,28). The molecule has 0 aliphatic heterocycles. The van der Waals surface area contributed by atoms with Crippen LogP contribution < -0.4 is 10.6 Å². The predicted molar refractivity (Wildman–Crippen MR) is 105 cm³/mol. The van der Waals surface area contributed by atoms with E-state index in [1.165, 1.54) is 6.07 Å². The van der Waals surface area contributed by atoms with Gasteiger partial charge in [0.05, 0.1) is 18.0 Å². The van der Waals surface area contributed by atoms with Gasteiger partial charge >= 0.3 is 6.18 Å². The first kappa shape index (κ1) is 22.5. The minimum Gasteiger partial charge on any atom is -0.355 e. The summed E-state index contributed by atoms with van der Waals surface area (Å²) >= 11 is 0. The highest BCUT2D eigenvalue weighted by Gasteiger charge is 2.31. The molecule has 0 aromatic heterocycles. The maximum absolute atomic E-state index is 13.0. The number of nitrogens with one attached hydrogen (secondary N) is 2. The molecule has 0 aliphatic carbocycles. The Morgan fingerprint density at radius 3 is 2.38 bits per heavy atom. The van der Waals surface area contributed by atoms with E-state index in [2.05, 4.69) is 10.6 Å². The van der Waals surface area contributed by atoms with Gasteiger partial charge in [-0.15, -0.1) is 0 Å². The molecule has 0 spiro atoms. The molecular weight excluding hydrogens is 381 g/mol. The summed E-state index contributed by atoms with van der Waals surface area (Å²) in [6.45, 7) is 2.06. The molecule has 0 radical (unpaired) electrons. The highest BCUT2D eigenvalue weighted by molar-refractivity contribution is 5.80. The van der Waals surface area contributed by atoms with Gasteiger partial charge in [0.25, 0.3) is 0 Å². The molecule has 2 N–H and O–H groups in total. The molecule has 0 aliphatic rings. The van der Waals surface area contributed by atoms with Gasteiger partial charge in [0, 0.05) is 13.0 Å². The molecule has 29 heavy (non-hydrogen) atoms. The van der Waals surface area contributed by atoms with Gasteiger partial charge in [0.2, 0.25) is 11.8 Å². The highest BCUT2D eigenvalue weighted by Crippen LogP contribution is 2.31. The van der Waals surface area contributed by atoms with Crippen LogP contribution in [0.2, 0.25) is 0 Å². The molecule has 0 bridgehead atoms. The molecule has 1 atom stereocenters. The van der Waals surface area contributed by atoms with E-state index in [0.717, 1.165) is 17.7 Å². The number of rotatable bonds is 9. The van der Waals surface area contributed by atoms with E-state index in [4.69, 9.17) is 0 Å². The fraction of sp³-hybridized carbons (Fsp3) is 0.364. The largest absolute Gasteiger partial charge is 0.416 e. The first-order valence-corrected chi connectivity index (χ1v) is 9.56. The van der Waals surface area contributed by atoms with E-state index >= 15 is 0 Å². The highest BCUT2D eigenvalue weighted by atomic mass is 19.4. The van der Waals surface area contributed by atoms with E-state index < -0.39 is 17.8 Å². The summed E-state index contributed by atoms with van der Waals surface area (Å²) in [4.78, 5) is 24.2. The zero-order chi connectivity index (χ0) is 21.3. The van der Waals surface area contributed by atoms with Crippen molar-refractivity contribution in [3.05, 3.63) is 71.3 Å². The van der Waals surface area contributed by atoms with Crippen LogP contribution >= 0.6 is 0 Å². The minimum atomic E-state index is -4.43. The van der Waals surface area contributed by atoms with Crippen molar-refractivity contribution in [2.24, 2.45) is 0 Å². The summed E-state index contributed by atoms with van der Waals surface area (Å²) in [5.41, 5.74) is 0.559. The molecule has 0 saturated carbocycles. The first-order valence-electron chi connectivity index (χ1n) is 9.56. The Morgan fingerprint density at radius 2 is 1.72 bits per heavy atom. The second kappa shape index (κ2) is 10.6. The van der Waals surface area contributed by atoms with Crippen LogP contribution in [0.1, 0.15) is 48.9 Å².